The maximum absolute atomic E-state index is 12.1. The molecule has 1 aliphatic rings. The number of morpholine rings is 1. The third-order valence-corrected chi connectivity index (χ3v) is 3.22. The summed E-state index contributed by atoms with van der Waals surface area (Å²) < 4.78 is 9.84. The highest BCUT2D eigenvalue weighted by Crippen LogP contribution is 2.08. The Bertz CT molecular complexity index is 387. The Kier molecular flexibility index (Phi) is 6.93. The van der Waals surface area contributed by atoms with E-state index in [1.807, 2.05) is 6.92 Å². The molecule has 0 aromatic carbocycles. The summed E-state index contributed by atoms with van der Waals surface area (Å²) in [6, 6.07) is -0.411. The first kappa shape index (κ1) is 17.2. The second kappa shape index (κ2) is 8.46. The molecule has 0 radical (unpaired) electrons. The number of carboxylic acid groups (broad SMARTS) is 1. The van der Waals surface area contributed by atoms with Crippen molar-refractivity contribution in [3.05, 3.63) is 0 Å². The number of methoxy groups -OCH3 is 1. The van der Waals surface area contributed by atoms with Crippen LogP contribution in [0.1, 0.15) is 26.2 Å². The summed E-state index contributed by atoms with van der Waals surface area (Å²) in [4.78, 5) is 35.4. The zero-order chi connectivity index (χ0) is 15.8. The molecule has 0 aromatic rings. The molecule has 1 heterocycles. The van der Waals surface area contributed by atoms with Gasteiger partial charge < -0.3 is 24.8 Å². The monoisotopic (exact) mass is 302 g/mol. The number of hydrogen-bond acceptors (Lipinski definition) is 5. The fraction of sp³-hybridized carbons (Fsp3) is 0.769. The van der Waals surface area contributed by atoms with Gasteiger partial charge in [0, 0.05) is 19.0 Å². The number of nitrogens with one attached hydrogen (secondary N) is 1. The van der Waals surface area contributed by atoms with Gasteiger partial charge in [-0.2, -0.15) is 0 Å². The van der Waals surface area contributed by atoms with Crippen molar-refractivity contribution in [2.45, 2.75) is 38.3 Å². The first-order valence-corrected chi connectivity index (χ1v) is 6.90. The smallest absolute Gasteiger partial charge is 0.336 e. The van der Waals surface area contributed by atoms with E-state index in [0.29, 0.717) is 19.4 Å². The normalized spacial score (nSPS) is 19.7. The summed E-state index contributed by atoms with van der Waals surface area (Å²) in [6.07, 6.45) is 0.423. The van der Waals surface area contributed by atoms with Crippen molar-refractivity contribution in [3.63, 3.8) is 0 Å². The Hall–Kier alpha value is -1.83. The second-order valence-corrected chi connectivity index (χ2v) is 4.97. The largest absolute Gasteiger partial charge is 0.481 e. The lowest BCUT2D eigenvalue weighted by atomic mass is 10.1. The van der Waals surface area contributed by atoms with Crippen LogP contribution in [0.15, 0.2) is 0 Å². The van der Waals surface area contributed by atoms with Crippen molar-refractivity contribution in [2.24, 2.45) is 0 Å². The molecule has 0 aliphatic carbocycles. The predicted molar refractivity (Wildman–Crippen MR) is 72.8 cm³/mol. The number of nitrogens with zero attached hydrogens (tertiary/aromatic N) is 1. The molecule has 1 rings (SSSR count). The lowest BCUT2D eigenvalue weighted by molar-refractivity contribution is -0.158. The molecular formula is C13H22N2O6. The molecule has 1 aliphatic heterocycles. The summed E-state index contributed by atoms with van der Waals surface area (Å²) in [5, 5.41) is 11.4. The van der Waals surface area contributed by atoms with Gasteiger partial charge in [0.15, 0.2) is 6.10 Å². The number of ether oxygens (including phenoxy) is 2. The van der Waals surface area contributed by atoms with Crippen LogP contribution in [0, 0.1) is 0 Å². The average molecular weight is 302 g/mol. The van der Waals surface area contributed by atoms with Gasteiger partial charge in [-0.3, -0.25) is 4.79 Å². The fourth-order valence-corrected chi connectivity index (χ4v) is 2.04. The topological polar surface area (TPSA) is 105 Å². The van der Waals surface area contributed by atoms with Crippen molar-refractivity contribution in [1.29, 1.82) is 0 Å². The predicted octanol–water partition coefficient (Wildman–Crippen LogP) is 0.213. The molecule has 0 spiro atoms. The van der Waals surface area contributed by atoms with E-state index < -0.39 is 18.0 Å². The molecule has 2 atom stereocenters. The number of carbonyl (C=O) groups is 3. The SMILES string of the molecule is COC(=O)C1CN(C(=O)NC(C)CCCC(=O)O)CCO1. The van der Waals surface area contributed by atoms with Crippen LogP contribution in [0.4, 0.5) is 4.79 Å². The maximum atomic E-state index is 12.1. The van der Waals surface area contributed by atoms with E-state index >= 15 is 0 Å². The molecule has 1 fully saturated rings. The number of urea groups is 1. The first-order chi connectivity index (χ1) is 9.93. The number of rotatable bonds is 6. The number of esters is 1. The van der Waals surface area contributed by atoms with Gasteiger partial charge in [0.25, 0.3) is 0 Å². The van der Waals surface area contributed by atoms with Crippen LogP contribution in [0.5, 0.6) is 0 Å². The van der Waals surface area contributed by atoms with Gasteiger partial charge in [-0.15, -0.1) is 0 Å². The summed E-state index contributed by atoms with van der Waals surface area (Å²) in [7, 11) is 1.27. The van der Waals surface area contributed by atoms with Crippen LogP contribution in [0.3, 0.4) is 0 Å². The van der Waals surface area contributed by atoms with E-state index in [1.165, 1.54) is 12.0 Å². The van der Waals surface area contributed by atoms with Crippen LogP contribution < -0.4 is 5.32 Å². The van der Waals surface area contributed by atoms with Gasteiger partial charge in [-0.1, -0.05) is 0 Å². The molecule has 21 heavy (non-hydrogen) atoms. The van der Waals surface area contributed by atoms with E-state index in [9.17, 15) is 14.4 Å². The van der Waals surface area contributed by atoms with E-state index in [0.717, 1.165) is 0 Å². The van der Waals surface area contributed by atoms with E-state index in [2.05, 4.69) is 10.1 Å². The van der Waals surface area contributed by atoms with Crippen LogP contribution in [0.25, 0.3) is 0 Å². The lowest BCUT2D eigenvalue weighted by Gasteiger charge is -2.32. The summed E-state index contributed by atoms with van der Waals surface area (Å²) in [5.74, 6) is -1.34. The van der Waals surface area contributed by atoms with Gasteiger partial charge >= 0.3 is 18.0 Å². The molecule has 2 amide bonds. The Balaban J connectivity index is 2.36. The number of carboxylic acids is 1. The van der Waals surface area contributed by atoms with E-state index in [4.69, 9.17) is 9.84 Å². The third kappa shape index (κ3) is 5.99. The quantitative estimate of drug-likeness (QED) is 0.680. The van der Waals surface area contributed by atoms with Gasteiger partial charge in [0.05, 0.1) is 20.3 Å². The minimum atomic E-state index is -0.845. The standard InChI is InChI=1S/C13H22N2O6/c1-9(4-3-5-11(16)17)14-13(19)15-6-7-21-10(8-15)12(18)20-2/h9-10H,3-8H2,1-2H3,(H,14,19)(H,16,17). The van der Waals surface area contributed by atoms with Gasteiger partial charge in [-0.25, -0.2) is 9.59 Å². The minimum absolute atomic E-state index is 0.0855. The Morgan fingerprint density at radius 3 is 2.81 bits per heavy atom. The molecule has 2 N–H and O–H groups in total. The molecule has 8 heteroatoms. The van der Waals surface area contributed by atoms with Gasteiger partial charge in [-0.05, 0) is 19.8 Å². The average Bonchev–Trinajstić information content (AvgIpc) is 2.46. The zero-order valence-corrected chi connectivity index (χ0v) is 12.3. The molecule has 0 saturated carbocycles. The number of amides is 2. The van der Waals surface area contributed by atoms with Crippen molar-refractivity contribution in [1.82, 2.24) is 10.2 Å². The highest BCUT2D eigenvalue weighted by atomic mass is 16.6. The highest BCUT2D eigenvalue weighted by Gasteiger charge is 2.30. The molecule has 0 aromatic heterocycles. The number of carbonyl (C=O) groups excluding carboxylic acids is 2. The van der Waals surface area contributed by atoms with Crippen molar-refractivity contribution < 1.29 is 29.0 Å². The Morgan fingerprint density at radius 1 is 1.48 bits per heavy atom. The Labute approximate surface area is 123 Å². The van der Waals surface area contributed by atoms with Crippen molar-refractivity contribution in [2.75, 3.05) is 26.8 Å². The lowest BCUT2D eigenvalue weighted by Crippen LogP contribution is -2.53. The van der Waals surface area contributed by atoms with Crippen molar-refractivity contribution in [3.8, 4) is 0 Å². The summed E-state index contributed by atoms with van der Waals surface area (Å²) in [5.41, 5.74) is 0. The first-order valence-electron chi connectivity index (χ1n) is 6.90. The Morgan fingerprint density at radius 2 is 2.19 bits per heavy atom. The van der Waals surface area contributed by atoms with Crippen LogP contribution >= 0.6 is 0 Å². The van der Waals surface area contributed by atoms with E-state index in [-0.39, 0.29) is 31.6 Å². The third-order valence-electron chi connectivity index (χ3n) is 3.22. The zero-order valence-electron chi connectivity index (χ0n) is 12.3. The fourth-order valence-electron chi connectivity index (χ4n) is 2.04. The van der Waals surface area contributed by atoms with E-state index in [1.54, 1.807) is 0 Å². The van der Waals surface area contributed by atoms with Crippen molar-refractivity contribution >= 4 is 18.0 Å². The van der Waals surface area contributed by atoms with Gasteiger partial charge in [0.2, 0.25) is 0 Å². The highest BCUT2D eigenvalue weighted by molar-refractivity contribution is 5.78. The molecule has 8 nitrogen and oxygen atoms in total. The molecular weight excluding hydrogens is 280 g/mol. The number of hydrogen-bond donors (Lipinski definition) is 2. The summed E-state index contributed by atoms with van der Waals surface area (Å²) >= 11 is 0. The van der Waals surface area contributed by atoms with Gasteiger partial charge in [0.1, 0.15) is 0 Å². The molecule has 2 unspecified atom stereocenters. The minimum Gasteiger partial charge on any atom is -0.481 e. The molecule has 1 saturated heterocycles. The van der Waals surface area contributed by atoms with Crippen LogP contribution in [-0.2, 0) is 19.1 Å². The molecule has 120 valence electrons. The maximum Gasteiger partial charge on any atom is 0.336 e. The summed E-state index contributed by atoms with van der Waals surface area (Å²) in [6.45, 7) is 2.65. The van der Waals surface area contributed by atoms with Crippen LogP contribution in [-0.4, -0.2) is 66.9 Å². The number of aliphatic carboxylic acids is 1. The molecule has 0 bridgehead atoms. The second-order valence-electron chi connectivity index (χ2n) is 4.97. The van der Waals surface area contributed by atoms with Crippen LogP contribution in [0.2, 0.25) is 0 Å².